The molecule has 3 nitrogen and oxygen atoms in total. The molecule has 0 saturated carbocycles. The van der Waals surface area contributed by atoms with Gasteiger partial charge in [0.25, 0.3) is 0 Å². The molecular formula is C14H19ClO3S. The van der Waals surface area contributed by atoms with Gasteiger partial charge in [0.2, 0.25) is 0 Å². The van der Waals surface area contributed by atoms with Gasteiger partial charge in [0, 0.05) is 10.6 Å². The van der Waals surface area contributed by atoms with Gasteiger partial charge in [-0.15, -0.1) is 0 Å². The molecule has 0 amide bonds. The summed E-state index contributed by atoms with van der Waals surface area (Å²) in [6.07, 6.45) is 0.565. The van der Waals surface area contributed by atoms with Gasteiger partial charge in [-0.1, -0.05) is 37.6 Å². The highest BCUT2D eigenvalue weighted by atomic mass is 35.5. The number of carbonyl (C=O) groups excluding carboxylic acids is 1. The van der Waals surface area contributed by atoms with Crippen LogP contribution in [0, 0.1) is 5.92 Å². The average molecular weight is 303 g/mol. The molecule has 0 heterocycles. The van der Waals surface area contributed by atoms with Gasteiger partial charge >= 0.3 is 0 Å². The number of Topliss-reactive ketones (excluding diaryl/α,β-unsaturated/α-hetero) is 1. The maximum Gasteiger partial charge on any atom is 0.180 e. The summed E-state index contributed by atoms with van der Waals surface area (Å²) in [5.74, 6) is -0.0625. The van der Waals surface area contributed by atoms with E-state index in [9.17, 15) is 13.2 Å². The van der Waals surface area contributed by atoms with Crippen LogP contribution in [0.25, 0.3) is 0 Å². The maximum absolute atomic E-state index is 12.2. The Kier molecular flexibility index (Phi) is 5.56. The van der Waals surface area contributed by atoms with Crippen LogP contribution >= 0.6 is 11.6 Å². The average Bonchev–Trinajstić information content (AvgIpc) is 2.34. The fourth-order valence-corrected chi connectivity index (χ4v) is 3.42. The highest BCUT2D eigenvalue weighted by Gasteiger charge is 2.28. The van der Waals surface area contributed by atoms with E-state index in [2.05, 4.69) is 0 Å². The third kappa shape index (κ3) is 4.62. The van der Waals surface area contributed by atoms with E-state index >= 15 is 0 Å². The first-order valence-corrected chi connectivity index (χ1v) is 8.34. The Hall–Kier alpha value is -0.870. The van der Waals surface area contributed by atoms with Gasteiger partial charge in [-0.25, -0.2) is 8.42 Å². The van der Waals surface area contributed by atoms with Crippen LogP contribution in [-0.2, 0) is 9.84 Å². The third-order valence-electron chi connectivity index (χ3n) is 3.00. The number of hydrogen-bond donors (Lipinski definition) is 0. The standard InChI is InChI=1S/C14H19ClO3S/c1-10(2)7-8-19(17,18)11(3)14(16)12-5-4-6-13(15)9-12/h4-6,9-11H,7-8H2,1-3H3. The molecule has 1 rings (SSSR count). The number of rotatable bonds is 6. The summed E-state index contributed by atoms with van der Waals surface area (Å²) in [5, 5.41) is -0.595. The molecule has 106 valence electrons. The van der Waals surface area contributed by atoms with Gasteiger partial charge in [-0.3, -0.25) is 4.79 Å². The van der Waals surface area contributed by atoms with E-state index < -0.39 is 20.9 Å². The van der Waals surface area contributed by atoms with Gasteiger partial charge in [-0.2, -0.15) is 0 Å². The normalized spacial score (nSPS) is 13.5. The lowest BCUT2D eigenvalue weighted by atomic mass is 10.1. The van der Waals surface area contributed by atoms with Crippen LogP contribution in [0.4, 0.5) is 0 Å². The second-order valence-electron chi connectivity index (χ2n) is 5.07. The van der Waals surface area contributed by atoms with Crippen LogP contribution in [-0.4, -0.2) is 25.2 Å². The van der Waals surface area contributed by atoms with E-state index in [-0.39, 0.29) is 5.75 Å². The summed E-state index contributed by atoms with van der Waals surface area (Å²) in [4.78, 5) is 12.2. The molecule has 0 aromatic heterocycles. The number of carbonyl (C=O) groups is 1. The monoisotopic (exact) mass is 302 g/mol. The van der Waals surface area contributed by atoms with Crippen molar-refractivity contribution in [2.75, 3.05) is 5.75 Å². The van der Waals surface area contributed by atoms with Crippen molar-refractivity contribution >= 4 is 27.2 Å². The van der Waals surface area contributed by atoms with E-state index in [1.165, 1.54) is 13.0 Å². The minimum atomic E-state index is -3.41. The molecule has 1 atom stereocenters. The molecule has 1 aromatic carbocycles. The molecule has 0 radical (unpaired) electrons. The van der Waals surface area contributed by atoms with Gasteiger partial charge in [0.1, 0.15) is 5.25 Å². The van der Waals surface area contributed by atoms with E-state index in [0.717, 1.165) is 0 Å². The lowest BCUT2D eigenvalue weighted by Crippen LogP contribution is -2.30. The smallest absolute Gasteiger partial charge is 0.180 e. The predicted molar refractivity (Wildman–Crippen MR) is 78.5 cm³/mol. The summed E-state index contributed by atoms with van der Waals surface area (Å²) in [5.41, 5.74) is 0.341. The van der Waals surface area contributed by atoms with E-state index in [0.29, 0.717) is 22.9 Å². The Bertz CT molecular complexity index is 550. The Morgan fingerprint density at radius 2 is 1.89 bits per heavy atom. The van der Waals surface area contributed by atoms with Crippen LogP contribution in [0.15, 0.2) is 24.3 Å². The zero-order valence-electron chi connectivity index (χ0n) is 11.4. The fourth-order valence-electron chi connectivity index (χ4n) is 1.62. The Labute approximate surface area is 119 Å². The first-order valence-electron chi connectivity index (χ1n) is 6.25. The molecule has 1 unspecified atom stereocenters. The molecule has 1 aromatic rings. The maximum atomic E-state index is 12.2. The predicted octanol–water partition coefficient (Wildman–Crippen LogP) is 3.37. The van der Waals surface area contributed by atoms with Crippen molar-refractivity contribution in [1.29, 1.82) is 0 Å². The summed E-state index contributed by atoms with van der Waals surface area (Å²) < 4.78 is 24.2. The number of ketones is 1. The molecule has 0 aliphatic carbocycles. The second-order valence-corrected chi connectivity index (χ2v) is 7.94. The molecular weight excluding hydrogens is 284 g/mol. The lowest BCUT2D eigenvalue weighted by Gasteiger charge is -2.13. The molecule has 19 heavy (non-hydrogen) atoms. The molecule has 0 aliphatic rings. The Balaban J connectivity index is 2.87. The van der Waals surface area contributed by atoms with Crippen molar-refractivity contribution in [1.82, 2.24) is 0 Å². The Morgan fingerprint density at radius 3 is 2.42 bits per heavy atom. The molecule has 0 bridgehead atoms. The summed E-state index contributed by atoms with van der Waals surface area (Å²) in [6.45, 7) is 5.36. The number of halogens is 1. The van der Waals surface area contributed by atoms with Crippen LogP contribution in [0.5, 0.6) is 0 Å². The minimum Gasteiger partial charge on any atom is -0.293 e. The second kappa shape index (κ2) is 6.53. The summed E-state index contributed by atoms with van der Waals surface area (Å²) in [7, 11) is -3.41. The SMILES string of the molecule is CC(C)CCS(=O)(=O)C(C)C(=O)c1cccc(Cl)c1. The highest BCUT2D eigenvalue weighted by molar-refractivity contribution is 7.92. The van der Waals surface area contributed by atoms with Crippen LogP contribution in [0.1, 0.15) is 37.6 Å². The first-order chi connectivity index (χ1) is 8.74. The van der Waals surface area contributed by atoms with Gasteiger partial charge in [-0.05, 0) is 31.4 Å². The summed E-state index contributed by atoms with van der Waals surface area (Å²) >= 11 is 5.81. The van der Waals surface area contributed by atoms with E-state index in [1.54, 1.807) is 18.2 Å². The molecule has 0 fully saturated rings. The van der Waals surface area contributed by atoms with E-state index in [4.69, 9.17) is 11.6 Å². The van der Waals surface area contributed by atoms with Crippen LogP contribution in [0.3, 0.4) is 0 Å². The first kappa shape index (κ1) is 16.2. The zero-order chi connectivity index (χ0) is 14.6. The molecule has 0 N–H and O–H groups in total. The fraction of sp³-hybridized carbons (Fsp3) is 0.500. The van der Waals surface area contributed by atoms with E-state index in [1.807, 2.05) is 13.8 Å². The zero-order valence-corrected chi connectivity index (χ0v) is 13.0. The van der Waals surface area contributed by atoms with Gasteiger partial charge in [0.15, 0.2) is 15.6 Å². The molecule has 0 spiro atoms. The van der Waals surface area contributed by atoms with Crippen molar-refractivity contribution in [3.8, 4) is 0 Å². The lowest BCUT2D eigenvalue weighted by molar-refractivity contribution is 0.0991. The molecule has 5 heteroatoms. The Morgan fingerprint density at radius 1 is 1.26 bits per heavy atom. The van der Waals surface area contributed by atoms with Crippen LogP contribution in [0.2, 0.25) is 5.02 Å². The van der Waals surface area contributed by atoms with Gasteiger partial charge in [0.05, 0.1) is 5.75 Å². The topological polar surface area (TPSA) is 51.2 Å². The van der Waals surface area contributed by atoms with Gasteiger partial charge < -0.3 is 0 Å². The molecule has 0 saturated heterocycles. The van der Waals surface area contributed by atoms with Crippen molar-refractivity contribution in [3.05, 3.63) is 34.9 Å². The van der Waals surface area contributed by atoms with Crippen molar-refractivity contribution in [3.63, 3.8) is 0 Å². The number of hydrogen-bond acceptors (Lipinski definition) is 3. The van der Waals surface area contributed by atoms with Crippen molar-refractivity contribution in [2.45, 2.75) is 32.4 Å². The summed E-state index contributed by atoms with van der Waals surface area (Å²) in [6, 6.07) is 6.38. The molecule has 0 aliphatic heterocycles. The third-order valence-corrected chi connectivity index (χ3v) is 5.33. The quantitative estimate of drug-likeness (QED) is 0.757. The largest absolute Gasteiger partial charge is 0.293 e. The highest BCUT2D eigenvalue weighted by Crippen LogP contribution is 2.17. The van der Waals surface area contributed by atoms with Crippen molar-refractivity contribution < 1.29 is 13.2 Å². The number of sulfone groups is 1. The number of benzene rings is 1. The minimum absolute atomic E-state index is 0.0398. The van der Waals surface area contributed by atoms with Crippen LogP contribution < -0.4 is 0 Å². The van der Waals surface area contributed by atoms with Crippen molar-refractivity contribution in [2.24, 2.45) is 5.92 Å².